The average Bonchev–Trinajstić information content (AvgIpc) is 3.42. The molecule has 0 radical (unpaired) electrons. The van der Waals surface area contributed by atoms with Crippen LogP contribution in [0.4, 0.5) is 11.4 Å². The van der Waals surface area contributed by atoms with E-state index in [0.29, 0.717) is 11.4 Å². The maximum atomic E-state index is 5.68. The number of methoxy groups -OCH3 is 2. The lowest BCUT2D eigenvalue weighted by atomic mass is 10.2. The lowest BCUT2D eigenvalue weighted by molar-refractivity contribution is 0.413. The van der Waals surface area contributed by atoms with Crippen molar-refractivity contribution < 1.29 is 9.47 Å². The lowest BCUT2D eigenvalue weighted by Gasteiger charge is -2.09. The Bertz CT molecular complexity index is 1260. The van der Waals surface area contributed by atoms with Gasteiger partial charge in [-0.2, -0.15) is 4.99 Å². The van der Waals surface area contributed by atoms with Gasteiger partial charge in [0.1, 0.15) is 11.5 Å². The summed E-state index contributed by atoms with van der Waals surface area (Å²) in [6.45, 7) is 3.88. The van der Waals surface area contributed by atoms with Crippen LogP contribution in [-0.2, 0) is 0 Å². The van der Waals surface area contributed by atoms with Gasteiger partial charge in [-0.05, 0) is 50.3 Å². The van der Waals surface area contributed by atoms with Crippen LogP contribution in [0.15, 0.2) is 66.4 Å². The Morgan fingerprint density at radius 2 is 1.41 bits per heavy atom. The molecule has 2 heterocycles. The quantitative estimate of drug-likeness (QED) is 0.270. The van der Waals surface area contributed by atoms with E-state index >= 15 is 0 Å². The molecular formula is C23H24N6O2S. The van der Waals surface area contributed by atoms with E-state index in [1.807, 2.05) is 65.7 Å². The number of nitrogens with two attached hydrogens (primary N) is 1. The Morgan fingerprint density at radius 1 is 0.875 bits per heavy atom. The summed E-state index contributed by atoms with van der Waals surface area (Å²) in [5.74, 6) is 1.46. The normalized spacial score (nSPS) is 10.0. The van der Waals surface area contributed by atoms with Crippen LogP contribution in [-0.4, -0.2) is 38.5 Å². The number of thiocarbonyl (C=S) groups is 1. The van der Waals surface area contributed by atoms with Crippen molar-refractivity contribution in [2.45, 2.75) is 13.8 Å². The van der Waals surface area contributed by atoms with Gasteiger partial charge in [-0.15, -0.1) is 0 Å². The standard InChI is InChI=1S/C12H11N3OS.C11H13N3O/c1-9-6-15(7-13-9)11-4-3-10(14-8-17)5-12(11)16-2;1-8-6-14(7-13-8)10-4-3-9(12)5-11(10)15-2/h3-7H,1-2H3;3-7H,12H2,1-2H3. The molecule has 2 aromatic heterocycles. The second kappa shape index (κ2) is 10.4. The van der Waals surface area contributed by atoms with Crippen molar-refractivity contribution >= 4 is 28.8 Å². The van der Waals surface area contributed by atoms with Crippen molar-refractivity contribution in [3.63, 3.8) is 0 Å². The molecule has 2 aromatic carbocycles. The van der Waals surface area contributed by atoms with E-state index in [9.17, 15) is 0 Å². The number of hydrogen-bond donors (Lipinski definition) is 1. The number of isothiocyanates is 1. The molecular weight excluding hydrogens is 424 g/mol. The zero-order valence-electron chi connectivity index (χ0n) is 18.3. The Hall–Kier alpha value is -3.94. The van der Waals surface area contributed by atoms with Crippen LogP contribution in [0.25, 0.3) is 11.4 Å². The fourth-order valence-electron chi connectivity index (χ4n) is 3.02. The van der Waals surface area contributed by atoms with E-state index in [0.717, 1.165) is 34.2 Å². The van der Waals surface area contributed by atoms with Gasteiger partial charge in [-0.3, -0.25) is 0 Å². The Balaban J connectivity index is 0.000000182. The molecule has 0 saturated carbocycles. The smallest absolute Gasteiger partial charge is 0.145 e. The summed E-state index contributed by atoms with van der Waals surface area (Å²) < 4.78 is 14.4. The fourth-order valence-corrected chi connectivity index (χ4v) is 3.12. The number of nitrogen functional groups attached to an aromatic ring is 1. The lowest BCUT2D eigenvalue weighted by Crippen LogP contribution is -1.96. The van der Waals surface area contributed by atoms with Crippen LogP contribution in [0.1, 0.15) is 11.4 Å². The van der Waals surface area contributed by atoms with Gasteiger partial charge in [-0.25, -0.2) is 9.97 Å². The SMILES string of the molecule is COc1cc(N)ccc1-n1cnc(C)c1.COc1cc(N=C=S)ccc1-n1cnc(C)c1. The van der Waals surface area contributed by atoms with Crippen LogP contribution in [0.5, 0.6) is 11.5 Å². The van der Waals surface area contributed by atoms with Gasteiger partial charge in [-0.1, -0.05) is 0 Å². The summed E-state index contributed by atoms with van der Waals surface area (Å²) in [5.41, 5.74) is 10.9. The van der Waals surface area contributed by atoms with E-state index in [-0.39, 0.29) is 0 Å². The second-order valence-electron chi connectivity index (χ2n) is 6.84. The zero-order valence-corrected chi connectivity index (χ0v) is 19.1. The number of ether oxygens (including phenoxy) is 2. The fraction of sp³-hybridized carbons (Fsp3) is 0.174. The number of benzene rings is 2. The zero-order chi connectivity index (χ0) is 23.1. The summed E-state index contributed by atoms with van der Waals surface area (Å²) in [4.78, 5) is 12.3. The molecule has 0 saturated heterocycles. The molecule has 0 fully saturated rings. The molecule has 0 atom stereocenters. The first kappa shape index (κ1) is 22.7. The highest BCUT2D eigenvalue weighted by molar-refractivity contribution is 7.78. The van der Waals surface area contributed by atoms with Crippen molar-refractivity contribution in [1.29, 1.82) is 0 Å². The van der Waals surface area contributed by atoms with Gasteiger partial charge in [0, 0.05) is 30.2 Å². The van der Waals surface area contributed by atoms with Gasteiger partial charge >= 0.3 is 0 Å². The van der Waals surface area contributed by atoms with Crippen LogP contribution in [0.2, 0.25) is 0 Å². The summed E-state index contributed by atoms with van der Waals surface area (Å²) >= 11 is 4.57. The maximum Gasteiger partial charge on any atom is 0.145 e. The highest BCUT2D eigenvalue weighted by atomic mass is 32.1. The summed E-state index contributed by atoms with van der Waals surface area (Å²) in [5, 5.41) is 2.33. The molecule has 0 aliphatic carbocycles. The number of nitrogens with zero attached hydrogens (tertiary/aromatic N) is 5. The number of rotatable bonds is 5. The van der Waals surface area contributed by atoms with Gasteiger partial charge in [0.15, 0.2) is 0 Å². The van der Waals surface area contributed by atoms with Crippen LogP contribution >= 0.6 is 12.2 Å². The minimum atomic E-state index is 0.687. The van der Waals surface area contributed by atoms with Gasteiger partial charge in [0.2, 0.25) is 0 Å². The Kier molecular flexibility index (Phi) is 7.38. The minimum absolute atomic E-state index is 0.687. The second-order valence-corrected chi connectivity index (χ2v) is 7.02. The van der Waals surface area contributed by atoms with E-state index in [1.54, 1.807) is 32.9 Å². The van der Waals surface area contributed by atoms with Gasteiger partial charge in [0.05, 0.1) is 60.5 Å². The molecule has 0 amide bonds. The largest absolute Gasteiger partial charge is 0.494 e. The number of imidazole rings is 2. The number of aliphatic imine (C=N–C) groups is 1. The number of anilines is 1. The topological polar surface area (TPSA) is 92.5 Å². The summed E-state index contributed by atoms with van der Waals surface area (Å²) in [6, 6.07) is 11.1. The molecule has 32 heavy (non-hydrogen) atoms. The predicted molar refractivity (Wildman–Crippen MR) is 129 cm³/mol. The van der Waals surface area contributed by atoms with E-state index < -0.39 is 0 Å². The Morgan fingerprint density at radius 3 is 1.88 bits per heavy atom. The van der Waals surface area contributed by atoms with Crippen LogP contribution in [0.3, 0.4) is 0 Å². The monoisotopic (exact) mass is 448 g/mol. The first-order chi connectivity index (χ1) is 15.4. The highest BCUT2D eigenvalue weighted by Gasteiger charge is 2.07. The van der Waals surface area contributed by atoms with Gasteiger partial charge in [0.25, 0.3) is 0 Å². The molecule has 8 nitrogen and oxygen atoms in total. The van der Waals surface area contributed by atoms with E-state index in [4.69, 9.17) is 15.2 Å². The molecule has 0 bridgehead atoms. The van der Waals surface area contributed by atoms with Crippen molar-refractivity contribution in [2.24, 2.45) is 4.99 Å². The van der Waals surface area contributed by atoms with Crippen LogP contribution < -0.4 is 15.2 Å². The molecule has 4 aromatic rings. The Labute approximate surface area is 192 Å². The molecule has 4 rings (SSSR count). The molecule has 0 aliphatic heterocycles. The average molecular weight is 449 g/mol. The van der Waals surface area contributed by atoms with E-state index in [1.165, 1.54) is 0 Å². The number of aromatic nitrogens is 4. The van der Waals surface area contributed by atoms with Gasteiger partial charge < -0.3 is 24.3 Å². The van der Waals surface area contributed by atoms with Crippen molar-refractivity contribution in [3.05, 3.63) is 72.8 Å². The third-order valence-corrected chi connectivity index (χ3v) is 4.61. The number of hydrogen-bond acceptors (Lipinski definition) is 7. The third kappa shape index (κ3) is 5.40. The van der Waals surface area contributed by atoms with Crippen molar-refractivity contribution in [1.82, 2.24) is 19.1 Å². The maximum absolute atomic E-state index is 5.68. The summed E-state index contributed by atoms with van der Waals surface area (Å²) in [7, 11) is 3.25. The molecule has 164 valence electrons. The van der Waals surface area contributed by atoms with Crippen LogP contribution in [0, 0.1) is 13.8 Å². The van der Waals surface area contributed by atoms with Crippen molar-refractivity contribution in [3.8, 4) is 22.9 Å². The minimum Gasteiger partial charge on any atom is -0.494 e. The first-order valence-corrected chi connectivity index (χ1v) is 10.1. The number of aryl methyl sites for hydroxylation is 2. The highest BCUT2D eigenvalue weighted by Crippen LogP contribution is 2.28. The third-order valence-electron chi connectivity index (χ3n) is 4.52. The van der Waals surface area contributed by atoms with E-state index in [2.05, 4.69) is 32.3 Å². The summed E-state index contributed by atoms with van der Waals surface area (Å²) in [6.07, 6.45) is 7.37. The molecule has 0 aliphatic rings. The molecule has 2 N–H and O–H groups in total. The molecule has 0 spiro atoms. The molecule has 0 unspecified atom stereocenters. The predicted octanol–water partition coefficient (Wildman–Crippen LogP) is 4.70. The molecule has 9 heteroatoms. The first-order valence-electron chi connectivity index (χ1n) is 9.66. The van der Waals surface area contributed by atoms with Crippen molar-refractivity contribution in [2.75, 3.05) is 20.0 Å².